The Morgan fingerprint density at radius 3 is 2.72 bits per heavy atom. The number of rotatable bonds is 2. The van der Waals surface area contributed by atoms with Gasteiger partial charge in [-0.25, -0.2) is 4.98 Å². The fourth-order valence-corrected chi connectivity index (χ4v) is 2.16. The van der Waals surface area contributed by atoms with Crippen LogP contribution in [0.2, 0.25) is 5.02 Å². The Morgan fingerprint density at radius 1 is 1.17 bits per heavy atom. The zero-order valence-corrected chi connectivity index (χ0v) is 10.9. The minimum Gasteiger partial charge on any atom is -0.307 e. The fourth-order valence-electron chi connectivity index (χ4n) is 2.01. The summed E-state index contributed by atoms with van der Waals surface area (Å²) in [6, 6.07) is 12.3. The maximum Gasteiger partial charge on any atom is 0.138 e. The molecule has 3 aromatic rings. The summed E-state index contributed by atoms with van der Waals surface area (Å²) in [7, 11) is 0. The van der Waals surface area contributed by atoms with Crippen LogP contribution in [-0.4, -0.2) is 9.38 Å². The molecule has 0 amide bonds. The maximum absolute atomic E-state index is 5.95. The highest BCUT2D eigenvalue weighted by molar-refractivity contribution is 6.30. The number of aryl methyl sites for hydroxylation is 1. The van der Waals surface area contributed by atoms with Crippen LogP contribution in [0.4, 0.5) is 0 Å². The second-order valence-electron chi connectivity index (χ2n) is 4.51. The largest absolute Gasteiger partial charge is 0.307 e. The number of pyridine rings is 1. The average Bonchev–Trinajstić information content (AvgIpc) is 2.73. The van der Waals surface area contributed by atoms with Gasteiger partial charge in [0, 0.05) is 23.8 Å². The number of halogens is 1. The van der Waals surface area contributed by atoms with Crippen molar-refractivity contribution in [2.45, 2.75) is 13.3 Å². The molecule has 3 rings (SSSR count). The molecule has 0 fully saturated rings. The van der Waals surface area contributed by atoms with Crippen molar-refractivity contribution in [2.24, 2.45) is 0 Å². The number of imidazole rings is 1. The molecular formula is C15H13ClN2. The molecule has 90 valence electrons. The first-order valence-corrected chi connectivity index (χ1v) is 6.27. The molecule has 0 atom stereocenters. The van der Waals surface area contributed by atoms with E-state index in [1.807, 2.05) is 28.9 Å². The monoisotopic (exact) mass is 256 g/mol. The molecular weight excluding hydrogens is 244 g/mol. The third-order valence-corrected chi connectivity index (χ3v) is 3.21. The molecule has 18 heavy (non-hydrogen) atoms. The summed E-state index contributed by atoms with van der Waals surface area (Å²) >= 11 is 5.95. The highest BCUT2D eigenvalue weighted by atomic mass is 35.5. The van der Waals surface area contributed by atoms with Gasteiger partial charge in [-0.2, -0.15) is 0 Å². The van der Waals surface area contributed by atoms with Gasteiger partial charge in [-0.3, -0.25) is 0 Å². The van der Waals surface area contributed by atoms with Gasteiger partial charge in [0.2, 0.25) is 0 Å². The summed E-state index contributed by atoms with van der Waals surface area (Å²) in [6.07, 6.45) is 4.83. The van der Waals surface area contributed by atoms with Crippen LogP contribution in [0.1, 0.15) is 16.8 Å². The molecule has 0 saturated carbocycles. The van der Waals surface area contributed by atoms with Crippen LogP contribution in [0.15, 0.2) is 48.8 Å². The Bertz CT molecular complexity index is 683. The highest BCUT2D eigenvalue weighted by Crippen LogP contribution is 2.15. The summed E-state index contributed by atoms with van der Waals surface area (Å²) < 4.78 is 2.00. The molecule has 0 spiro atoms. The summed E-state index contributed by atoms with van der Waals surface area (Å²) in [6.45, 7) is 2.09. The summed E-state index contributed by atoms with van der Waals surface area (Å²) in [5, 5.41) is 0.718. The molecule has 0 radical (unpaired) electrons. The van der Waals surface area contributed by atoms with Crippen LogP contribution < -0.4 is 0 Å². The molecule has 2 aromatic heterocycles. The number of benzene rings is 1. The van der Waals surface area contributed by atoms with Gasteiger partial charge in [-0.15, -0.1) is 0 Å². The number of hydrogen-bond acceptors (Lipinski definition) is 1. The van der Waals surface area contributed by atoms with E-state index in [2.05, 4.69) is 36.2 Å². The molecule has 0 aliphatic rings. The smallest absolute Gasteiger partial charge is 0.138 e. The molecule has 2 nitrogen and oxygen atoms in total. The predicted molar refractivity (Wildman–Crippen MR) is 74.2 cm³/mol. The highest BCUT2D eigenvalue weighted by Gasteiger charge is 2.03. The molecule has 0 N–H and O–H groups in total. The second-order valence-corrected chi connectivity index (χ2v) is 4.94. The van der Waals surface area contributed by atoms with E-state index in [-0.39, 0.29) is 0 Å². The van der Waals surface area contributed by atoms with Crippen molar-refractivity contribution < 1.29 is 0 Å². The lowest BCUT2D eigenvalue weighted by Crippen LogP contribution is -1.87. The number of fused-ring (bicyclic) bond motifs is 1. The maximum atomic E-state index is 5.95. The summed E-state index contributed by atoms with van der Waals surface area (Å²) in [5.74, 6) is 0. The topological polar surface area (TPSA) is 17.3 Å². The van der Waals surface area contributed by atoms with Gasteiger partial charge in [0.1, 0.15) is 5.65 Å². The molecule has 0 aliphatic heterocycles. The lowest BCUT2D eigenvalue weighted by Gasteiger charge is -1.98. The quantitative estimate of drug-likeness (QED) is 0.680. The molecule has 0 saturated heterocycles. The zero-order valence-electron chi connectivity index (χ0n) is 10.1. The van der Waals surface area contributed by atoms with E-state index in [4.69, 9.17) is 11.6 Å². The minimum absolute atomic E-state index is 0.718. The van der Waals surface area contributed by atoms with Gasteiger partial charge in [0.15, 0.2) is 0 Å². The predicted octanol–water partition coefficient (Wildman–Crippen LogP) is 3.89. The van der Waals surface area contributed by atoms with Gasteiger partial charge in [-0.1, -0.05) is 41.4 Å². The Balaban J connectivity index is 1.92. The molecule has 0 unspecified atom stereocenters. The van der Waals surface area contributed by atoms with Gasteiger partial charge in [0.25, 0.3) is 0 Å². The van der Waals surface area contributed by atoms with Crippen molar-refractivity contribution in [3.05, 3.63) is 70.6 Å². The van der Waals surface area contributed by atoms with Crippen LogP contribution in [-0.2, 0) is 6.42 Å². The van der Waals surface area contributed by atoms with Crippen LogP contribution in [0.3, 0.4) is 0 Å². The molecule has 2 heterocycles. The van der Waals surface area contributed by atoms with Crippen LogP contribution >= 0.6 is 11.6 Å². The third kappa shape index (κ3) is 2.24. The van der Waals surface area contributed by atoms with E-state index in [1.54, 1.807) is 0 Å². The van der Waals surface area contributed by atoms with Crippen molar-refractivity contribution in [3.63, 3.8) is 0 Å². The number of aromatic nitrogens is 2. The summed E-state index contributed by atoms with van der Waals surface area (Å²) in [5.41, 5.74) is 4.50. The van der Waals surface area contributed by atoms with Crippen molar-refractivity contribution in [1.82, 2.24) is 9.38 Å². The van der Waals surface area contributed by atoms with Gasteiger partial charge in [-0.05, 0) is 24.6 Å². The van der Waals surface area contributed by atoms with Crippen LogP contribution in [0, 0.1) is 6.92 Å². The fraction of sp³-hybridized carbons (Fsp3) is 0.133. The molecule has 3 heteroatoms. The second kappa shape index (κ2) is 4.46. The Hall–Kier alpha value is -1.80. The number of hydrogen-bond donors (Lipinski definition) is 0. The van der Waals surface area contributed by atoms with E-state index >= 15 is 0 Å². The van der Waals surface area contributed by atoms with Crippen molar-refractivity contribution >= 4 is 17.2 Å². The van der Waals surface area contributed by atoms with E-state index in [1.165, 1.54) is 11.1 Å². The van der Waals surface area contributed by atoms with Gasteiger partial charge in [0.05, 0.1) is 5.69 Å². The zero-order chi connectivity index (χ0) is 12.5. The lowest BCUT2D eigenvalue weighted by atomic mass is 10.1. The van der Waals surface area contributed by atoms with Gasteiger partial charge < -0.3 is 4.40 Å². The minimum atomic E-state index is 0.718. The van der Waals surface area contributed by atoms with E-state index in [9.17, 15) is 0 Å². The molecule has 1 aromatic carbocycles. The van der Waals surface area contributed by atoms with E-state index < -0.39 is 0 Å². The van der Waals surface area contributed by atoms with E-state index in [0.717, 1.165) is 22.8 Å². The van der Waals surface area contributed by atoms with Crippen LogP contribution in [0.25, 0.3) is 5.65 Å². The average molecular weight is 257 g/mol. The van der Waals surface area contributed by atoms with E-state index in [0.29, 0.717) is 0 Å². The standard InChI is InChI=1S/C15H13ClN2/c1-11-2-4-12(5-3-11)8-14-10-18-7-6-13(16)9-15(18)17-14/h2-7,9-10H,8H2,1H3. The first-order valence-electron chi connectivity index (χ1n) is 5.89. The first kappa shape index (κ1) is 11.3. The molecule has 0 bridgehead atoms. The van der Waals surface area contributed by atoms with Crippen molar-refractivity contribution in [3.8, 4) is 0 Å². The van der Waals surface area contributed by atoms with Gasteiger partial charge >= 0.3 is 0 Å². The lowest BCUT2D eigenvalue weighted by molar-refractivity contribution is 1.11. The van der Waals surface area contributed by atoms with Crippen LogP contribution in [0.5, 0.6) is 0 Å². The Labute approximate surface area is 111 Å². The Kier molecular flexibility index (Phi) is 2.80. The van der Waals surface area contributed by atoms with Crippen molar-refractivity contribution in [1.29, 1.82) is 0 Å². The Morgan fingerprint density at radius 2 is 1.94 bits per heavy atom. The summed E-state index contributed by atoms with van der Waals surface area (Å²) in [4.78, 5) is 4.57. The first-order chi connectivity index (χ1) is 8.70. The third-order valence-electron chi connectivity index (χ3n) is 2.98. The molecule has 0 aliphatic carbocycles. The van der Waals surface area contributed by atoms with Crippen molar-refractivity contribution in [2.75, 3.05) is 0 Å². The normalized spacial score (nSPS) is 11.0. The number of nitrogens with zero attached hydrogens (tertiary/aromatic N) is 2. The SMILES string of the molecule is Cc1ccc(Cc2cn3ccc(Cl)cc3n2)cc1.